The van der Waals surface area contributed by atoms with Gasteiger partial charge in [0.2, 0.25) is 0 Å². The van der Waals surface area contributed by atoms with Crippen LogP contribution >= 0.6 is 0 Å². The first-order valence-electron chi connectivity index (χ1n) is 7.98. The number of hydrogen-bond donors (Lipinski definition) is 2. The van der Waals surface area contributed by atoms with E-state index in [4.69, 9.17) is 0 Å². The smallest absolute Gasteiger partial charge is 0.326 e. The van der Waals surface area contributed by atoms with Gasteiger partial charge in [0.05, 0.1) is 11.4 Å². The van der Waals surface area contributed by atoms with Gasteiger partial charge < -0.3 is 10.4 Å². The molecule has 126 valence electrons. The fourth-order valence-corrected chi connectivity index (χ4v) is 2.61. The first-order chi connectivity index (χ1) is 11.5. The van der Waals surface area contributed by atoms with Crippen molar-refractivity contribution in [3.63, 3.8) is 0 Å². The van der Waals surface area contributed by atoms with Crippen LogP contribution < -0.4 is 5.32 Å². The van der Waals surface area contributed by atoms with E-state index in [1.54, 1.807) is 11.6 Å². The maximum absolute atomic E-state index is 12.4. The number of aliphatic carboxylic acids is 1. The van der Waals surface area contributed by atoms with Crippen LogP contribution in [0.5, 0.6) is 0 Å². The molecule has 0 bridgehead atoms. The minimum atomic E-state index is -1.01. The van der Waals surface area contributed by atoms with E-state index in [0.717, 1.165) is 24.1 Å². The number of nitrogens with one attached hydrogen (secondary N) is 1. The highest BCUT2D eigenvalue weighted by atomic mass is 16.4. The quantitative estimate of drug-likeness (QED) is 0.843. The van der Waals surface area contributed by atoms with Gasteiger partial charge in [0.15, 0.2) is 5.69 Å². The van der Waals surface area contributed by atoms with Crippen LogP contribution in [-0.4, -0.2) is 38.0 Å². The summed E-state index contributed by atoms with van der Waals surface area (Å²) in [5.74, 6) is -1.12. The fourth-order valence-electron chi connectivity index (χ4n) is 2.61. The van der Waals surface area contributed by atoms with E-state index in [9.17, 15) is 14.7 Å². The van der Waals surface area contributed by atoms with Crippen LogP contribution in [0.15, 0.2) is 24.3 Å². The highest BCUT2D eigenvalue weighted by Gasteiger charge is 2.31. The van der Waals surface area contributed by atoms with Gasteiger partial charge >= 0.3 is 5.97 Å². The van der Waals surface area contributed by atoms with Gasteiger partial charge in [-0.25, -0.2) is 9.48 Å². The lowest BCUT2D eigenvalue weighted by atomic mass is 10.1. The van der Waals surface area contributed by atoms with Gasteiger partial charge in [-0.15, -0.1) is 5.10 Å². The van der Waals surface area contributed by atoms with Crippen molar-refractivity contribution < 1.29 is 14.7 Å². The summed E-state index contributed by atoms with van der Waals surface area (Å²) in [7, 11) is 0. The molecule has 1 heterocycles. The summed E-state index contributed by atoms with van der Waals surface area (Å²) in [5.41, 5.74) is 2.65. The lowest BCUT2D eigenvalue weighted by Crippen LogP contribution is -2.41. The van der Waals surface area contributed by atoms with Gasteiger partial charge in [-0.3, -0.25) is 4.79 Å². The molecule has 1 amide bonds. The predicted octanol–water partition coefficient (Wildman–Crippen LogP) is 1.87. The molecule has 3 rings (SSSR count). The summed E-state index contributed by atoms with van der Waals surface area (Å²) < 4.78 is 1.57. The van der Waals surface area contributed by atoms with Crippen LogP contribution in [-0.2, 0) is 4.79 Å². The van der Waals surface area contributed by atoms with Crippen molar-refractivity contribution in [2.75, 3.05) is 0 Å². The molecule has 0 radical (unpaired) electrons. The molecule has 1 aliphatic carbocycles. The molecule has 1 atom stereocenters. The molecule has 24 heavy (non-hydrogen) atoms. The minimum absolute atomic E-state index is 0.151. The van der Waals surface area contributed by atoms with E-state index >= 15 is 0 Å². The molecular weight excluding hydrogens is 308 g/mol. The molecule has 2 N–H and O–H groups in total. The number of carboxylic acids is 1. The number of hydrogen-bond acceptors (Lipinski definition) is 4. The number of rotatable bonds is 6. The van der Waals surface area contributed by atoms with Crippen molar-refractivity contribution >= 4 is 11.9 Å². The Kier molecular flexibility index (Phi) is 4.33. The van der Waals surface area contributed by atoms with Gasteiger partial charge in [-0.2, -0.15) is 0 Å². The zero-order valence-corrected chi connectivity index (χ0v) is 13.7. The van der Waals surface area contributed by atoms with E-state index in [1.807, 2.05) is 31.2 Å². The van der Waals surface area contributed by atoms with Crippen LogP contribution in [0.2, 0.25) is 0 Å². The van der Waals surface area contributed by atoms with Crippen LogP contribution in [0.4, 0.5) is 0 Å². The number of amides is 1. The van der Waals surface area contributed by atoms with Gasteiger partial charge in [0, 0.05) is 0 Å². The number of aryl methyl sites for hydroxylation is 1. The Morgan fingerprint density at radius 2 is 1.96 bits per heavy atom. The van der Waals surface area contributed by atoms with Crippen molar-refractivity contribution in [1.29, 1.82) is 0 Å². The highest BCUT2D eigenvalue weighted by Crippen LogP contribution is 2.33. The van der Waals surface area contributed by atoms with Crippen molar-refractivity contribution in [2.45, 2.75) is 39.2 Å². The number of carbonyl (C=O) groups excluding carboxylic acids is 1. The van der Waals surface area contributed by atoms with Gasteiger partial charge in [-0.05, 0) is 38.3 Å². The molecule has 1 fully saturated rings. The zero-order valence-electron chi connectivity index (χ0n) is 13.7. The average molecular weight is 328 g/mol. The Morgan fingerprint density at radius 3 is 2.54 bits per heavy atom. The lowest BCUT2D eigenvalue weighted by molar-refractivity contribution is -0.139. The van der Waals surface area contributed by atoms with Crippen LogP contribution in [0.25, 0.3) is 5.69 Å². The van der Waals surface area contributed by atoms with E-state index in [0.29, 0.717) is 18.0 Å². The maximum Gasteiger partial charge on any atom is 0.326 e. The van der Waals surface area contributed by atoms with E-state index in [1.165, 1.54) is 0 Å². The molecule has 0 saturated heterocycles. The Bertz CT molecular complexity index is 763. The topological polar surface area (TPSA) is 97.1 Å². The summed E-state index contributed by atoms with van der Waals surface area (Å²) in [5, 5.41) is 19.8. The molecule has 1 saturated carbocycles. The van der Waals surface area contributed by atoms with E-state index in [-0.39, 0.29) is 5.69 Å². The Balaban J connectivity index is 1.77. The third-order valence-corrected chi connectivity index (χ3v) is 4.26. The Morgan fingerprint density at radius 1 is 1.29 bits per heavy atom. The third-order valence-electron chi connectivity index (χ3n) is 4.26. The molecule has 1 aromatic carbocycles. The van der Waals surface area contributed by atoms with Gasteiger partial charge in [0.1, 0.15) is 6.04 Å². The molecule has 2 aromatic rings. The summed E-state index contributed by atoms with van der Waals surface area (Å²) in [4.78, 5) is 23.7. The fraction of sp³-hybridized carbons (Fsp3) is 0.412. The number of carbonyl (C=O) groups is 2. The number of carboxylic acid groups (broad SMARTS) is 1. The molecule has 1 unspecified atom stereocenters. The normalized spacial score (nSPS) is 15.1. The predicted molar refractivity (Wildman–Crippen MR) is 87.1 cm³/mol. The standard InChI is InChI=1S/C17H20N4O3/c1-10-3-7-13(8-4-10)21-11(2)15(19-20-21)16(22)18-14(17(23)24)9-12-5-6-12/h3-4,7-8,12,14H,5-6,9H2,1-2H3,(H,18,22)(H,23,24). The Labute approximate surface area is 139 Å². The van der Waals surface area contributed by atoms with Gasteiger partial charge in [-0.1, -0.05) is 35.8 Å². The summed E-state index contributed by atoms with van der Waals surface area (Å²) in [6.07, 6.45) is 2.52. The van der Waals surface area contributed by atoms with E-state index in [2.05, 4.69) is 15.6 Å². The first-order valence-corrected chi connectivity index (χ1v) is 7.98. The molecule has 0 aliphatic heterocycles. The molecule has 7 heteroatoms. The minimum Gasteiger partial charge on any atom is -0.480 e. The number of nitrogens with zero attached hydrogens (tertiary/aromatic N) is 3. The lowest BCUT2D eigenvalue weighted by Gasteiger charge is -2.13. The number of aromatic nitrogens is 3. The van der Waals surface area contributed by atoms with Gasteiger partial charge in [0.25, 0.3) is 5.91 Å². The van der Waals surface area contributed by atoms with Crippen molar-refractivity contribution in [2.24, 2.45) is 5.92 Å². The van der Waals surface area contributed by atoms with Crippen LogP contribution in [0, 0.1) is 19.8 Å². The first kappa shape index (κ1) is 16.2. The van der Waals surface area contributed by atoms with Crippen molar-refractivity contribution in [3.8, 4) is 5.69 Å². The second kappa shape index (κ2) is 6.43. The Hall–Kier alpha value is -2.70. The average Bonchev–Trinajstić information content (AvgIpc) is 3.28. The monoisotopic (exact) mass is 328 g/mol. The maximum atomic E-state index is 12.4. The van der Waals surface area contributed by atoms with E-state index < -0.39 is 17.9 Å². The van der Waals surface area contributed by atoms with Crippen LogP contribution in [0.1, 0.15) is 41.0 Å². The number of benzene rings is 1. The second-order valence-electron chi connectivity index (χ2n) is 6.31. The summed E-state index contributed by atoms with van der Waals surface area (Å²) in [6.45, 7) is 3.73. The summed E-state index contributed by atoms with van der Waals surface area (Å²) >= 11 is 0. The molecule has 7 nitrogen and oxygen atoms in total. The zero-order chi connectivity index (χ0) is 17.3. The molecular formula is C17H20N4O3. The molecule has 1 aliphatic rings. The molecule has 0 spiro atoms. The van der Waals surface area contributed by atoms with Crippen molar-refractivity contribution in [1.82, 2.24) is 20.3 Å². The second-order valence-corrected chi connectivity index (χ2v) is 6.31. The summed E-state index contributed by atoms with van der Waals surface area (Å²) in [6, 6.07) is 6.81. The van der Waals surface area contributed by atoms with Crippen molar-refractivity contribution in [3.05, 3.63) is 41.2 Å². The largest absolute Gasteiger partial charge is 0.480 e. The van der Waals surface area contributed by atoms with Crippen LogP contribution in [0.3, 0.4) is 0 Å². The third kappa shape index (κ3) is 3.45. The highest BCUT2D eigenvalue weighted by molar-refractivity contribution is 5.95. The SMILES string of the molecule is Cc1ccc(-n2nnc(C(=O)NC(CC3CC3)C(=O)O)c2C)cc1. The molecule has 1 aromatic heterocycles.